The molecule has 0 bridgehead atoms. The summed E-state index contributed by atoms with van der Waals surface area (Å²) in [5.41, 5.74) is 7.95. The molecule has 0 saturated carbocycles. The molecule has 3 rings (SSSR count). The number of nitrogens with two attached hydrogens (primary N) is 1. The number of hydrogen-bond acceptors (Lipinski definition) is 6. The van der Waals surface area contributed by atoms with Gasteiger partial charge in [0.1, 0.15) is 10.8 Å². The van der Waals surface area contributed by atoms with Crippen LogP contribution >= 0.6 is 11.5 Å². The first-order valence-corrected chi connectivity index (χ1v) is 7.59. The Morgan fingerprint density at radius 3 is 3.20 bits per heavy atom. The van der Waals surface area contributed by atoms with Gasteiger partial charge in [-0.1, -0.05) is 6.07 Å². The topological polar surface area (TPSA) is 73.1 Å². The fourth-order valence-electron chi connectivity index (χ4n) is 2.42. The fourth-order valence-corrected chi connectivity index (χ4v) is 3.16. The number of aromatic nitrogens is 2. The number of rotatable bonds is 4. The fraction of sp³-hybridized carbons (Fsp3) is 0.429. The Hall–Kier alpha value is -1.66. The van der Waals surface area contributed by atoms with Gasteiger partial charge >= 0.3 is 0 Å². The van der Waals surface area contributed by atoms with E-state index in [2.05, 4.69) is 14.7 Å². The minimum absolute atomic E-state index is 0.561. The lowest BCUT2D eigenvalue weighted by Gasteiger charge is -2.22. The molecule has 2 aromatic heterocycles. The molecule has 3 N–H and O–H groups in total. The van der Waals surface area contributed by atoms with Crippen LogP contribution in [0, 0.1) is 5.92 Å². The van der Waals surface area contributed by atoms with Crippen LogP contribution in [0.1, 0.15) is 12.8 Å². The van der Waals surface area contributed by atoms with Gasteiger partial charge in [-0.05, 0) is 36.4 Å². The van der Waals surface area contributed by atoms with E-state index >= 15 is 0 Å². The standard InChI is InChI=1S/C14H18N4OS/c15-13-12(11-4-1-5-16-8-11)14(20-18-13)17-7-10-3-2-6-19-9-10/h1,4-5,8,10,17H,2-3,6-7,9H2,(H2,15,18). The van der Waals surface area contributed by atoms with Gasteiger partial charge in [0.2, 0.25) is 0 Å². The molecule has 0 radical (unpaired) electrons. The molecule has 1 saturated heterocycles. The van der Waals surface area contributed by atoms with Crippen molar-refractivity contribution in [1.29, 1.82) is 0 Å². The van der Waals surface area contributed by atoms with Crippen molar-refractivity contribution < 1.29 is 4.74 Å². The van der Waals surface area contributed by atoms with Crippen LogP contribution in [0.25, 0.3) is 11.1 Å². The maximum Gasteiger partial charge on any atom is 0.147 e. The average Bonchev–Trinajstić information content (AvgIpc) is 2.88. The zero-order valence-corrected chi connectivity index (χ0v) is 12.0. The molecule has 106 valence electrons. The van der Waals surface area contributed by atoms with E-state index in [1.54, 1.807) is 6.20 Å². The second-order valence-electron chi connectivity index (χ2n) is 4.98. The highest BCUT2D eigenvalue weighted by Crippen LogP contribution is 2.36. The van der Waals surface area contributed by atoms with Crippen LogP contribution in [0.5, 0.6) is 0 Å². The summed E-state index contributed by atoms with van der Waals surface area (Å²) in [7, 11) is 0. The molecule has 5 nitrogen and oxygen atoms in total. The van der Waals surface area contributed by atoms with Crippen molar-refractivity contribution in [3.8, 4) is 11.1 Å². The SMILES string of the molecule is Nc1nsc(NCC2CCCOC2)c1-c1cccnc1. The van der Waals surface area contributed by atoms with Gasteiger partial charge in [0.25, 0.3) is 0 Å². The zero-order chi connectivity index (χ0) is 13.8. The van der Waals surface area contributed by atoms with Crippen molar-refractivity contribution >= 4 is 22.4 Å². The predicted molar refractivity (Wildman–Crippen MR) is 81.8 cm³/mol. The maximum absolute atomic E-state index is 5.99. The number of hydrogen-bond donors (Lipinski definition) is 2. The van der Waals surface area contributed by atoms with E-state index < -0.39 is 0 Å². The van der Waals surface area contributed by atoms with Gasteiger partial charge < -0.3 is 15.8 Å². The van der Waals surface area contributed by atoms with Crippen molar-refractivity contribution in [3.63, 3.8) is 0 Å². The molecular weight excluding hydrogens is 272 g/mol. The number of ether oxygens (including phenoxy) is 1. The molecule has 0 aliphatic carbocycles. The van der Waals surface area contributed by atoms with Gasteiger partial charge in [-0.25, -0.2) is 0 Å². The van der Waals surface area contributed by atoms with E-state index in [9.17, 15) is 0 Å². The monoisotopic (exact) mass is 290 g/mol. The maximum atomic E-state index is 5.99. The van der Waals surface area contributed by atoms with Gasteiger partial charge in [0.15, 0.2) is 0 Å². The summed E-state index contributed by atoms with van der Waals surface area (Å²) in [4.78, 5) is 4.15. The van der Waals surface area contributed by atoms with Crippen LogP contribution in [-0.2, 0) is 4.74 Å². The van der Waals surface area contributed by atoms with Crippen LogP contribution in [0.4, 0.5) is 10.8 Å². The van der Waals surface area contributed by atoms with Crippen LogP contribution in [0.15, 0.2) is 24.5 Å². The molecule has 0 spiro atoms. The van der Waals surface area contributed by atoms with Crippen molar-refractivity contribution in [2.45, 2.75) is 12.8 Å². The van der Waals surface area contributed by atoms with E-state index in [1.165, 1.54) is 18.0 Å². The van der Waals surface area contributed by atoms with E-state index in [0.717, 1.165) is 42.3 Å². The minimum atomic E-state index is 0.561. The Morgan fingerprint density at radius 1 is 1.50 bits per heavy atom. The highest BCUT2D eigenvalue weighted by Gasteiger charge is 2.17. The Bertz CT molecular complexity index is 552. The summed E-state index contributed by atoms with van der Waals surface area (Å²) in [6.07, 6.45) is 5.93. The first-order valence-electron chi connectivity index (χ1n) is 6.82. The van der Waals surface area contributed by atoms with Crippen LogP contribution < -0.4 is 11.1 Å². The van der Waals surface area contributed by atoms with Gasteiger partial charge in [-0.2, -0.15) is 4.37 Å². The highest BCUT2D eigenvalue weighted by molar-refractivity contribution is 7.11. The van der Waals surface area contributed by atoms with Gasteiger partial charge in [-0.3, -0.25) is 4.98 Å². The first kappa shape index (κ1) is 13.3. The summed E-state index contributed by atoms with van der Waals surface area (Å²) < 4.78 is 9.76. The smallest absolute Gasteiger partial charge is 0.147 e. The van der Waals surface area contributed by atoms with Gasteiger partial charge in [0.05, 0.1) is 12.2 Å². The van der Waals surface area contributed by atoms with Crippen LogP contribution in [0.3, 0.4) is 0 Å². The van der Waals surface area contributed by atoms with E-state index in [-0.39, 0.29) is 0 Å². The second-order valence-corrected chi connectivity index (χ2v) is 5.75. The molecule has 0 aromatic carbocycles. The Morgan fingerprint density at radius 2 is 2.45 bits per heavy atom. The van der Waals surface area contributed by atoms with Gasteiger partial charge in [0, 0.05) is 31.1 Å². The first-order chi connectivity index (χ1) is 9.84. The quantitative estimate of drug-likeness (QED) is 0.905. The third-order valence-electron chi connectivity index (χ3n) is 3.47. The molecule has 1 aliphatic rings. The number of nitrogens with one attached hydrogen (secondary N) is 1. The van der Waals surface area contributed by atoms with Crippen molar-refractivity contribution in [3.05, 3.63) is 24.5 Å². The molecule has 6 heteroatoms. The van der Waals surface area contributed by atoms with Crippen molar-refractivity contribution in [2.24, 2.45) is 5.92 Å². The Labute approximate surface area is 122 Å². The second kappa shape index (κ2) is 6.19. The predicted octanol–water partition coefficient (Wildman–Crippen LogP) is 2.63. The highest BCUT2D eigenvalue weighted by atomic mass is 32.1. The largest absolute Gasteiger partial charge is 0.382 e. The van der Waals surface area contributed by atoms with Crippen molar-refractivity contribution in [2.75, 3.05) is 30.8 Å². The van der Waals surface area contributed by atoms with E-state index in [1.807, 2.05) is 18.3 Å². The van der Waals surface area contributed by atoms with E-state index in [0.29, 0.717) is 11.7 Å². The molecular formula is C14H18N4OS. The number of anilines is 2. The van der Waals surface area contributed by atoms with Crippen LogP contribution in [-0.4, -0.2) is 29.1 Å². The summed E-state index contributed by atoms with van der Waals surface area (Å²) in [5.74, 6) is 1.12. The summed E-state index contributed by atoms with van der Waals surface area (Å²) in [6.45, 7) is 2.63. The molecule has 1 atom stereocenters. The Balaban J connectivity index is 1.74. The zero-order valence-electron chi connectivity index (χ0n) is 11.2. The third kappa shape index (κ3) is 2.91. The summed E-state index contributed by atoms with van der Waals surface area (Å²) in [5, 5.41) is 4.49. The molecule has 1 aliphatic heterocycles. The molecule has 2 aromatic rings. The van der Waals surface area contributed by atoms with Gasteiger partial charge in [-0.15, -0.1) is 0 Å². The molecule has 3 heterocycles. The molecule has 0 amide bonds. The summed E-state index contributed by atoms with van der Waals surface area (Å²) >= 11 is 1.40. The van der Waals surface area contributed by atoms with Crippen molar-refractivity contribution in [1.82, 2.24) is 9.36 Å². The molecule has 1 unspecified atom stereocenters. The normalized spacial score (nSPS) is 18.9. The number of nitrogens with zero attached hydrogens (tertiary/aromatic N) is 2. The number of nitrogen functional groups attached to an aromatic ring is 1. The molecule has 20 heavy (non-hydrogen) atoms. The third-order valence-corrected chi connectivity index (χ3v) is 4.29. The lowest BCUT2D eigenvalue weighted by atomic mass is 10.0. The minimum Gasteiger partial charge on any atom is -0.382 e. The lowest BCUT2D eigenvalue weighted by molar-refractivity contribution is 0.0595. The Kier molecular flexibility index (Phi) is 4.13. The summed E-state index contributed by atoms with van der Waals surface area (Å²) in [6, 6.07) is 3.91. The lowest BCUT2D eigenvalue weighted by Crippen LogP contribution is -2.24. The number of pyridine rings is 1. The van der Waals surface area contributed by atoms with Crippen LogP contribution in [0.2, 0.25) is 0 Å². The average molecular weight is 290 g/mol. The molecule has 1 fully saturated rings. The van der Waals surface area contributed by atoms with E-state index in [4.69, 9.17) is 10.5 Å².